The molecule has 0 aliphatic rings. The molecule has 0 amide bonds. The van der Waals surface area contributed by atoms with Crippen LogP contribution in [0.25, 0.3) is 0 Å². The summed E-state index contributed by atoms with van der Waals surface area (Å²) in [6, 6.07) is 0. The summed E-state index contributed by atoms with van der Waals surface area (Å²) in [4.78, 5) is 0. The van der Waals surface area contributed by atoms with E-state index in [9.17, 15) is 5.21 Å². The first-order valence-corrected chi connectivity index (χ1v) is 5.85. The van der Waals surface area contributed by atoms with E-state index >= 15 is 0 Å². The van der Waals surface area contributed by atoms with E-state index in [0.29, 0.717) is 5.92 Å². The van der Waals surface area contributed by atoms with Crippen molar-refractivity contribution in [3.05, 3.63) is 5.21 Å². The van der Waals surface area contributed by atoms with Crippen LogP contribution in [0.5, 0.6) is 0 Å². The van der Waals surface area contributed by atoms with Gasteiger partial charge in [-0.1, -0.05) is 40.0 Å². The highest BCUT2D eigenvalue weighted by Gasteiger charge is 2.09. The van der Waals surface area contributed by atoms with Crippen molar-refractivity contribution < 1.29 is 4.65 Å². The molecule has 86 valence electrons. The Bertz CT molecular complexity index is 138. The lowest BCUT2D eigenvalue weighted by atomic mass is 9.99. The molecule has 0 aliphatic carbocycles. The van der Waals surface area contributed by atoms with Crippen LogP contribution in [0, 0.1) is 17.0 Å². The van der Waals surface area contributed by atoms with Crippen LogP contribution in [0.1, 0.15) is 46.5 Å². The molecule has 0 rings (SSSR count). The van der Waals surface area contributed by atoms with Gasteiger partial charge in [-0.2, -0.15) is 0 Å². The first-order valence-electron chi connectivity index (χ1n) is 5.85. The quantitative estimate of drug-likeness (QED) is 0.352. The van der Waals surface area contributed by atoms with E-state index in [2.05, 4.69) is 20.8 Å². The zero-order valence-electron chi connectivity index (χ0n) is 10.5. The fourth-order valence-corrected chi connectivity index (χ4v) is 1.89. The first-order chi connectivity index (χ1) is 6.31. The van der Waals surface area contributed by atoms with E-state index in [1.54, 1.807) is 14.1 Å². The summed E-state index contributed by atoms with van der Waals surface area (Å²) < 4.78 is -0.147. The Balaban J connectivity index is 3.40. The van der Waals surface area contributed by atoms with E-state index in [1.807, 2.05) is 0 Å². The van der Waals surface area contributed by atoms with Gasteiger partial charge in [0.05, 0.1) is 20.6 Å². The van der Waals surface area contributed by atoms with E-state index in [0.717, 1.165) is 12.5 Å². The Kier molecular flexibility index (Phi) is 6.38. The van der Waals surface area contributed by atoms with Gasteiger partial charge in [-0.25, -0.2) is 0 Å². The van der Waals surface area contributed by atoms with Crippen LogP contribution in [0.15, 0.2) is 0 Å². The molecular formula is C12H27NO. The van der Waals surface area contributed by atoms with Crippen LogP contribution < -0.4 is 0 Å². The number of hydrogen-bond donors (Lipinski definition) is 0. The highest BCUT2D eigenvalue weighted by atomic mass is 16.5. The van der Waals surface area contributed by atoms with Crippen molar-refractivity contribution in [1.29, 1.82) is 0 Å². The zero-order chi connectivity index (χ0) is 11.2. The minimum absolute atomic E-state index is 0.147. The summed E-state index contributed by atoms with van der Waals surface area (Å²) in [5.74, 6) is 1.38. The lowest BCUT2D eigenvalue weighted by Crippen LogP contribution is -2.36. The molecule has 0 aromatic rings. The number of hydroxylamine groups is 3. The summed E-state index contributed by atoms with van der Waals surface area (Å²) in [6.07, 6.45) is 5.12. The molecule has 0 radical (unpaired) electrons. The van der Waals surface area contributed by atoms with Crippen molar-refractivity contribution in [1.82, 2.24) is 0 Å². The van der Waals surface area contributed by atoms with Crippen molar-refractivity contribution in [3.63, 3.8) is 0 Å². The summed E-state index contributed by atoms with van der Waals surface area (Å²) in [6.45, 7) is 7.47. The molecule has 0 aliphatic heterocycles. The predicted octanol–water partition coefficient (Wildman–Crippen LogP) is 3.41. The third-order valence-corrected chi connectivity index (χ3v) is 2.48. The van der Waals surface area contributed by atoms with E-state index in [-0.39, 0.29) is 4.65 Å². The normalized spacial score (nSPS) is 14.8. The number of quaternary nitrogens is 1. The average molecular weight is 201 g/mol. The summed E-state index contributed by atoms with van der Waals surface area (Å²) in [5.41, 5.74) is 0. The fraction of sp³-hybridized carbons (Fsp3) is 1.00. The van der Waals surface area contributed by atoms with Gasteiger partial charge < -0.3 is 9.85 Å². The highest BCUT2D eigenvalue weighted by molar-refractivity contribution is 4.54. The molecule has 0 spiro atoms. The molecular weight excluding hydrogens is 174 g/mol. The number of nitrogens with zero attached hydrogens (tertiary/aromatic N) is 1. The van der Waals surface area contributed by atoms with E-state index in [1.165, 1.54) is 25.7 Å². The molecule has 0 saturated heterocycles. The molecule has 0 aromatic heterocycles. The lowest BCUT2D eigenvalue weighted by Gasteiger charge is -2.36. The molecule has 1 atom stereocenters. The number of hydrogen-bond acceptors (Lipinski definition) is 1. The molecule has 0 heterocycles. The van der Waals surface area contributed by atoms with Crippen molar-refractivity contribution in [2.45, 2.75) is 46.5 Å². The Morgan fingerprint density at radius 1 is 1.00 bits per heavy atom. The maximum absolute atomic E-state index is 11.4. The summed E-state index contributed by atoms with van der Waals surface area (Å²) >= 11 is 0. The second-order valence-corrected chi connectivity index (χ2v) is 5.54. The average Bonchev–Trinajstić information content (AvgIpc) is 1.94. The van der Waals surface area contributed by atoms with E-state index < -0.39 is 0 Å². The maximum Gasteiger partial charge on any atom is 0.0805 e. The smallest absolute Gasteiger partial charge is 0.0805 e. The largest absolute Gasteiger partial charge is 0.633 e. The van der Waals surface area contributed by atoms with Gasteiger partial charge in [0.2, 0.25) is 0 Å². The molecule has 0 bridgehead atoms. The number of rotatable bonds is 7. The summed E-state index contributed by atoms with van der Waals surface area (Å²) in [7, 11) is 3.45. The van der Waals surface area contributed by atoms with Crippen LogP contribution in [-0.4, -0.2) is 25.3 Å². The predicted molar refractivity (Wildman–Crippen MR) is 62.8 cm³/mol. The molecule has 0 N–H and O–H groups in total. The molecule has 0 fully saturated rings. The topological polar surface area (TPSA) is 23.1 Å². The van der Waals surface area contributed by atoms with Gasteiger partial charge in [-0.3, -0.25) is 0 Å². The van der Waals surface area contributed by atoms with Crippen molar-refractivity contribution in [2.24, 2.45) is 11.8 Å². The van der Waals surface area contributed by atoms with Gasteiger partial charge in [-0.05, 0) is 12.3 Å². The molecule has 14 heavy (non-hydrogen) atoms. The first kappa shape index (κ1) is 13.9. The molecule has 2 heteroatoms. The minimum atomic E-state index is -0.147. The van der Waals surface area contributed by atoms with Crippen molar-refractivity contribution >= 4 is 0 Å². The van der Waals surface area contributed by atoms with Gasteiger partial charge in [0.1, 0.15) is 0 Å². The van der Waals surface area contributed by atoms with Crippen molar-refractivity contribution in [3.8, 4) is 0 Å². The zero-order valence-corrected chi connectivity index (χ0v) is 10.5. The SMILES string of the molecule is CC(C)CCCCC(C)C[N+](C)(C)[O-]. The monoisotopic (exact) mass is 201 g/mol. The second-order valence-electron chi connectivity index (χ2n) is 5.54. The standard InChI is InChI=1S/C12H27NO/c1-11(2)8-6-7-9-12(3)10-13(4,5)14/h11-12H,6-10H2,1-5H3. The van der Waals surface area contributed by atoms with Crippen LogP contribution in [-0.2, 0) is 0 Å². The van der Waals surface area contributed by atoms with Crippen molar-refractivity contribution in [2.75, 3.05) is 20.6 Å². The molecule has 0 saturated carbocycles. The Morgan fingerprint density at radius 3 is 1.93 bits per heavy atom. The molecule has 1 unspecified atom stereocenters. The highest BCUT2D eigenvalue weighted by Crippen LogP contribution is 2.14. The van der Waals surface area contributed by atoms with Gasteiger partial charge in [0, 0.05) is 5.92 Å². The fourth-order valence-electron chi connectivity index (χ4n) is 1.89. The van der Waals surface area contributed by atoms with Gasteiger partial charge >= 0.3 is 0 Å². The lowest BCUT2D eigenvalue weighted by molar-refractivity contribution is -0.843. The van der Waals surface area contributed by atoms with Gasteiger partial charge in [0.25, 0.3) is 0 Å². The third-order valence-electron chi connectivity index (χ3n) is 2.48. The van der Waals surface area contributed by atoms with Crippen LogP contribution in [0.2, 0.25) is 0 Å². The summed E-state index contributed by atoms with van der Waals surface area (Å²) in [5, 5.41) is 11.4. The Hall–Kier alpha value is -0.0800. The van der Waals surface area contributed by atoms with Crippen LogP contribution in [0.4, 0.5) is 0 Å². The maximum atomic E-state index is 11.4. The third kappa shape index (κ3) is 10.0. The van der Waals surface area contributed by atoms with Gasteiger partial charge in [0.15, 0.2) is 0 Å². The Labute approximate surface area is 89.5 Å². The van der Waals surface area contributed by atoms with E-state index in [4.69, 9.17) is 0 Å². The van der Waals surface area contributed by atoms with Crippen LogP contribution in [0.3, 0.4) is 0 Å². The minimum Gasteiger partial charge on any atom is -0.633 e. The molecule has 2 nitrogen and oxygen atoms in total. The van der Waals surface area contributed by atoms with Gasteiger partial charge in [-0.15, -0.1) is 0 Å². The molecule has 0 aromatic carbocycles. The Morgan fingerprint density at radius 2 is 1.50 bits per heavy atom. The van der Waals surface area contributed by atoms with Crippen LogP contribution >= 0.6 is 0 Å². The number of unbranched alkanes of at least 4 members (excludes halogenated alkanes) is 1. The second kappa shape index (κ2) is 6.41.